The van der Waals surface area contributed by atoms with Gasteiger partial charge in [-0.3, -0.25) is 4.79 Å². The van der Waals surface area contributed by atoms with Crippen LogP contribution in [0.3, 0.4) is 0 Å². The molecule has 106 valence electrons. The van der Waals surface area contributed by atoms with Gasteiger partial charge < -0.3 is 14.9 Å². The van der Waals surface area contributed by atoms with E-state index in [0.29, 0.717) is 5.75 Å². The molecule has 0 unspecified atom stereocenters. The summed E-state index contributed by atoms with van der Waals surface area (Å²) in [6.45, 7) is -0.182. The predicted molar refractivity (Wildman–Crippen MR) is 63.0 cm³/mol. The van der Waals surface area contributed by atoms with E-state index in [1.54, 1.807) is 12.1 Å². The van der Waals surface area contributed by atoms with E-state index in [1.807, 2.05) is 0 Å². The zero-order chi connectivity index (χ0) is 14.8. The van der Waals surface area contributed by atoms with Crippen LogP contribution in [0.15, 0.2) is 40.8 Å². The first kappa shape index (κ1) is 14.0. The topological polar surface area (TPSA) is 65.5 Å². The highest BCUT2D eigenvalue weighted by Gasteiger charge is 2.34. The largest absolute Gasteiger partial charge is 0.486 e. The lowest BCUT2D eigenvalue weighted by atomic mass is 10.2. The first-order valence-electron chi connectivity index (χ1n) is 5.55. The second kappa shape index (κ2) is 5.28. The summed E-state index contributed by atoms with van der Waals surface area (Å²) in [5, 5.41) is 0. The van der Waals surface area contributed by atoms with Crippen molar-refractivity contribution in [2.45, 2.75) is 12.8 Å². The van der Waals surface area contributed by atoms with Crippen LogP contribution in [-0.4, -0.2) is 5.91 Å². The Balaban J connectivity index is 2.04. The maximum atomic E-state index is 12.3. The predicted octanol–water partition coefficient (Wildman–Crippen LogP) is 2.98. The molecular formula is C13H10F3NO3. The maximum absolute atomic E-state index is 12.3. The van der Waals surface area contributed by atoms with Crippen molar-refractivity contribution in [2.24, 2.45) is 5.73 Å². The molecule has 2 N–H and O–H groups in total. The summed E-state index contributed by atoms with van der Waals surface area (Å²) in [5.74, 6) is -1.36. The van der Waals surface area contributed by atoms with Crippen LogP contribution in [0.4, 0.5) is 13.2 Å². The fourth-order valence-electron chi connectivity index (χ4n) is 1.50. The summed E-state index contributed by atoms with van der Waals surface area (Å²) in [6.07, 6.45) is -4.52. The summed E-state index contributed by atoms with van der Waals surface area (Å²) in [7, 11) is 0. The number of carbonyl (C=O) groups excluding carboxylic acids is 1. The zero-order valence-corrected chi connectivity index (χ0v) is 10.1. The molecule has 0 aliphatic heterocycles. The summed E-state index contributed by atoms with van der Waals surface area (Å²) in [4.78, 5) is 11.0. The zero-order valence-electron chi connectivity index (χ0n) is 10.1. The molecule has 1 amide bonds. The van der Waals surface area contributed by atoms with E-state index in [1.165, 1.54) is 18.2 Å². The van der Waals surface area contributed by atoms with Crippen molar-refractivity contribution in [2.75, 3.05) is 0 Å². The number of benzene rings is 1. The second-order valence-corrected chi connectivity index (χ2v) is 3.94. The molecule has 0 aliphatic rings. The van der Waals surface area contributed by atoms with Gasteiger partial charge in [0.25, 0.3) is 0 Å². The molecule has 0 saturated heterocycles. The van der Waals surface area contributed by atoms with E-state index in [9.17, 15) is 18.0 Å². The first-order valence-corrected chi connectivity index (χ1v) is 5.55. The molecule has 0 atom stereocenters. The Morgan fingerprint density at radius 1 is 1.25 bits per heavy atom. The molecule has 0 radical (unpaired) electrons. The highest BCUT2D eigenvalue weighted by Crippen LogP contribution is 2.30. The van der Waals surface area contributed by atoms with Crippen LogP contribution in [0.1, 0.15) is 21.9 Å². The minimum atomic E-state index is -4.52. The van der Waals surface area contributed by atoms with E-state index in [-0.39, 0.29) is 17.9 Å². The standard InChI is InChI=1S/C13H10F3NO3/c14-13(15,16)11-5-4-10(20-11)7-19-9-3-1-2-8(6-9)12(17)18/h1-6H,7H2,(H2,17,18). The monoisotopic (exact) mass is 285 g/mol. The minimum Gasteiger partial charge on any atom is -0.486 e. The average Bonchev–Trinajstić information content (AvgIpc) is 2.85. The smallest absolute Gasteiger partial charge is 0.449 e. The number of halogens is 3. The van der Waals surface area contributed by atoms with Crippen molar-refractivity contribution in [3.05, 3.63) is 53.5 Å². The quantitative estimate of drug-likeness (QED) is 0.939. The van der Waals surface area contributed by atoms with Crippen LogP contribution >= 0.6 is 0 Å². The summed E-state index contributed by atoms with van der Waals surface area (Å²) in [5.41, 5.74) is 5.35. The van der Waals surface area contributed by atoms with Gasteiger partial charge in [0.1, 0.15) is 18.1 Å². The molecule has 2 rings (SSSR count). The van der Waals surface area contributed by atoms with Gasteiger partial charge >= 0.3 is 6.18 Å². The lowest BCUT2D eigenvalue weighted by Crippen LogP contribution is -2.10. The molecular weight excluding hydrogens is 275 g/mol. The molecule has 4 nitrogen and oxygen atoms in total. The molecule has 0 saturated carbocycles. The van der Waals surface area contributed by atoms with Crippen LogP contribution in [0.25, 0.3) is 0 Å². The molecule has 7 heteroatoms. The highest BCUT2D eigenvalue weighted by atomic mass is 19.4. The summed E-state index contributed by atoms with van der Waals surface area (Å²) >= 11 is 0. The number of hydrogen-bond donors (Lipinski definition) is 1. The Morgan fingerprint density at radius 3 is 2.60 bits per heavy atom. The number of amides is 1. The Morgan fingerprint density at radius 2 is 2.00 bits per heavy atom. The molecule has 1 aromatic carbocycles. The van der Waals surface area contributed by atoms with Gasteiger partial charge in [-0.25, -0.2) is 0 Å². The van der Waals surface area contributed by atoms with Gasteiger partial charge in [-0.2, -0.15) is 13.2 Å². The lowest BCUT2D eigenvalue weighted by Gasteiger charge is -2.05. The van der Waals surface area contributed by atoms with Crippen LogP contribution in [-0.2, 0) is 12.8 Å². The van der Waals surface area contributed by atoms with E-state index in [2.05, 4.69) is 4.42 Å². The van der Waals surface area contributed by atoms with Gasteiger partial charge in [0.2, 0.25) is 11.7 Å². The van der Waals surface area contributed by atoms with E-state index in [4.69, 9.17) is 10.5 Å². The average molecular weight is 285 g/mol. The number of hydrogen-bond acceptors (Lipinski definition) is 3. The number of ether oxygens (including phenoxy) is 1. The molecule has 1 heterocycles. The minimum absolute atomic E-state index is 0.0294. The van der Waals surface area contributed by atoms with Crippen molar-refractivity contribution in [3.8, 4) is 5.75 Å². The van der Waals surface area contributed by atoms with Crippen LogP contribution in [0.5, 0.6) is 5.75 Å². The highest BCUT2D eigenvalue weighted by molar-refractivity contribution is 5.93. The van der Waals surface area contributed by atoms with Crippen molar-refractivity contribution >= 4 is 5.91 Å². The van der Waals surface area contributed by atoms with Gasteiger partial charge in [-0.15, -0.1) is 0 Å². The lowest BCUT2D eigenvalue weighted by molar-refractivity contribution is -0.153. The van der Waals surface area contributed by atoms with Gasteiger partial charge in [-0.05, 0) is 30.3 Å². The number of furan rings is 1. The Labute approximate surface area is 111 Å². The molecule has 0 spiro atoms. The molecule has 1 aromatic heterocycles. The van der Waals surface area contributed by atoms with Gasteiger partial charge in [0.05, 0.1) is 0 Å². The van der Waals surface area contributed by atoms with Crippen molar-refractivity contribution in [1.29, 1.82) is 0 Å². The number of nitrogens with two attached hydrogens (primary N) is 1. The Bertz CT molecular complexity index is 619. The third-order valence-corrected chi connectivity index (χ3v) is 2.44. The van der Waals surface area contributed by atoms with Crippen molar-refractivity contribution < 1.29 is 27.1 Å². The van der Waals surface area contributed by atoms with Gasteiger partial charge in [-0.1, -0.05) is 6.07 Å². The first-order chi connectivity index (χ1) is 9.36. The van der Waals surface area contributed by atoms with Crippen LogP contribution in [0, 0.1) is 0 Å². The molecule has 0 fully saturated rings. The SMILES string of the molecule is NC(=O)c1cccc(OCc2ccc(C(F)(F)F)o2)c1. The maximum Gasteiger partial charge on any atom is 0.449 e. The van der Waals surface area contributed by atoms with E-state index < -0.39 is 17.8 Å². The summed E-state index contributed by atoms with van der Waals surface area (Å²) < 4.78 is 46.8. The molecule has 20 heavy (non-hydrogen) atoms. The van der Waals surface area contributed by atoms with Crippen LogP contribution < -0.4 is 10.5 Å². The van der Waals surface area contributed by atoms with Crippen LogP contribution in [0.2, 0.25) is 0 Å². The van der Waals surface area contributed by atoms with Gasteiger partial charge in [0, 0.05) is 5.56 Å². The Hall–Kier alpha value is -2.44. The normalized spacial score (nSPS) is 11.3. The number of rotatable bonds is 4. The van der Waals surface area contributed by atoms with Crippen molar-refractivity contribution in [1.82, 2.24) is 0 Å². The van der Waals surface area contributed by atoms with E-state index in [0.717, 1.165) is 6.07 Å². The Kier molecular flexibility index (Phi) is 3.69. The number of primary amides is 1. The third-order valence-electron chi connectivity index (χ3n) is 2.44. The fourth-order valence-corrected chi connectivity index (χ4v) is 1.50. The number of carbonyl (C=O) groups is 1. The second-order valence-electron chi connectivity index (χ2n) is 3.94. The fraction of sp³-hybridized carbons (Fsp3) is 0.154. The van der Waals surface area contributed by atoms with Crippen molar-refractivity contribution in [3.63, 3.8) is 0 Å². The van der Waals surface area contributed by atoms with E-state index >= 15 is 0 Å². The van der Waals surface area contributed by atoms with Gasteiger partial charge in [0.15, 0.2) is 0 Å². The molecule has 2 aromatic rings. The molecule has 0 bridgehead atoms. The third kappa shape index (κ3) is 3.31. The summed E-state index contributed by atoms with van der Waals surface area (Å²) in [6, 6.07) is 8.03. The number of alkyl halides is 3. The molecule has 0 aliphatic carbocycles.